The Hall–Kier alpha value is -1.12. The van der Waals surface area contributed by atoms with E-state index in [0.29, 0.717) is 11.8 Å². The molecule has 2 nitrogen and oxygen atoms in total. The molecule has 2 aromatic rings. The lowest BCUT2D eigenvalue weighted by Gasteiger charge is -2.07. The molecule has 0 saturated heterocycles. The maximum atomic E-state index is 6.21. The average molecular weight is 306 g/mol. The van der Waals surface area contributed by atoms with Crippen LogP contribution in [-0.2, 0) is 11.3 Å². The van der Waals surface area contributed by atoms with E-state index >= 15 is 0 Å². The maximum Gasteiger partial charge on any atom is 0.135 e. The molecule has 1 aromatic carbocycles. The molecule has 3 heteroatoms. The van der Waals surface area contributed by atoms with E-state index in [2.05, 4.69) is 24.0 Å². The minimum absolute atomic E-state index is 0.547. The summed E-state index contributed by atoms with van der Waals surface area (Å²) in [4.78, 5) is 4.41. The fraction of sp³-hybridized carbons (Fsp3) is 0.500. The highest BCUT2D eigenvalue weighted by molar-refractivity contribution is 6.30. The first-order chi connectivity index (χ1) is 10.3. The fourth-order valence-corrected chi connectivity index (χ4v) is 2.60. The number of benzene rings is 1. The van der Waals surface area contributed by atoms with Crippen LogP contribution < -0.4 is 0 Å². The predicted molar refractivity (Wildman–Crippen MR) is 89.8 cm³/mol. The number of halogens is 1. The van der Waals surface area contributed by atoms with Crippen LogP contribution in [0.1, 0.15) is 51.0 Å². The van der Waals surface area contributed by atoms with Crippen LogP contribution in [0.5, 0.6) is 0 Å². The van der Waals surface area contributed by atoms with E-state index in [1.54, 1.807) is 0 Å². The van der Waals surface area contributed by atoms with Gasteiger partial charge < -0.3 is 4.74 Å². The second-order valence-corrected chi connectivity index (χ2v) is 5.81. The van der Waals surface area contributed by atoms with Crippen LogP contribution in [-0.4, -0.2) is 11.6 Å². The number of fused-ring (bicyclic) bond motifs is 1. The van der Waals surface area contributed by atoms with Gasteiger partial charge in [0.05, 0.1) is 12.1 Å². The van der Waals surface area contributed by atoms with E-state index in [9.17, 15) is 0 Å². The Labute approximate surface area is 132 Å². The lowest BCUT2D eigenvalue weighted by molar-refractivity contribution is 0.116. The SMILES string of the molecule is CCCCCCCCOCc1cc2ccccc2nc1Cl. The third-order valence-electron chi connectivity index (χ3n) is 3.65. The topological polar surface area (TPSA) is 22.1 Å². The van der Waals surface area contributed by atoms with Crippen molar-refractivity contribution in [3.63, 3.8) is 0 Å². The number of rotatable bonds is 9. The summed E-state index contributed by atoms with van der Waals surface area (Å²) in [5.74, 6) is 0. The molecule has 0 saturated carbocycles. The van der Waals surface area contributed by atoms with Crippen molar-refractivity contribution in [1.29, 1.82) is 0 Å². The molecule has 1 aromatic heterocycles. The van der Waals surface area contributed by atoms with Crippen LogP contribution in [0.25, 0.3) is 10.9 Å². The number of aromatic nitrogens is 1. The summed E-state index contributed by atoms with van der Waals surface area (Å²) in [5, 5.41) is 1.66. The highest BCUT2D eigenvalue weighted by atomic mass is 35.5. The zero-order chi connectivity index (χ0) is 14.9. The van der Waals surface area contributed by atoms with Crippen LogP contribution in [0, 0.1) is 0 Å². The van der Waals surface area contributed by atoms with E-state index in [1.807, 2.05) is 18.2 Å². The minimum atomic E-state index is 0.547. The molecule has 0 aliphatic rings. The third-order valence-corrected chi connectivity index (χ3v) is 3.98. The van der Waals surface area contributed by atoms with Gasteiger partial charge in [0.1, 0.15) is 5.15 Å². The molecule has 0 radical (unpaired) electrons. The van der Waals surface area contributed by atoms with Gasteiger partial charge in [-0.15, -0.1) is 0 Å². The molecule has 0 spiro atoms. The molecule has 0 amide bonds. The van der Waals surface area contributed by atoms with Crippen molar-refractivity contribution in [2.24, 2.45) is 0 Å². The Morgan fingerprint density at radius 2 is 1.81 bits per heavy atom. The normalized spacial score (nSPS) is 11.1. The van der Waals surface area contributed by atoms with Gasteiger partial charge in [0.2, 0.25) is 0 Å². The van der Waals surface area contributed by atoms with Gasteiger partial charge in [-0.25, -0.2) is 4.98 Å². The molecule has 1 heterocycles. The standard InChI is InChI=1S/C18H24ClNO/c1-2-3-4-5-6-9-12-21-14-16-13-15-10-7-8-11-17(15)20-18(16)19/h7-8,10-11,13H,2-6,9,12,14H2,1H3. The highest BCUT2D eigenvalue weighted by Crippen LogP contribution is 2.21. The molecule has 0 aliphatic carbocycles. The Bertz CT molecular complexity index is 556. The monoisotopic (exact) mass is 305 g/mol. The molecule has 2 rings (SSSR count). The lowest BCUT2D eigenvalue weighted by atomic mass is 10.1. The van der Waals surface area contributed by atoms with Gasteiger partial charge in [0, 0.05) is 17.6 Å². The van der Waals surface area contributed by atoms with Crippen molar-refractivity contribution in [3.05, 3.63) is 41.0 Å². The van der Waals surface area contributed by atoms with E-state index in [1.165, 1.54) is 32.1 Å². The van der Waals surface area contributed by atoms with Gasteiger partial charge >= 0.3 is 0 Å². The second-order valence-electron chi connectivity index (χ2n) is 5.45. The molecule has 114 valence electrons. The first kappa shape index (κ1) is 16.3. The van der Waals surface area contributed by atoms with E-state index < -0.39 is 0 Å². The van der Waals surface area contributed by atoms with Gasteiger partial charge in [0.25, 0.3) is 0 Å². The molecule has 0 unspecified atom stereocenters. The van der Waals surface area contributed by atoms with Crippen LogP contribution in [0.4, 0.5) is 0 Å². The average Bonchev–Trinajstić information content (AvgIpc) is 2.50. The van der Waals surface area contributed by atoms with Gasteiger partial charge in [-0.1, -0.05) is 68.8 Å². The van der Waals surface area contributed by atoms with Gasteiger partial charge in [-0.3, -0.25) is 0 Å². The molecule has 0 atom stereocenters. The van der Waals surface area contributed by atoms with Gasteiger partial charge in [-0.2, -0.15) is 0 Å². The predicted octanol–water partition coefficient (Wildman–Crippen LogP) is 5.77. The van der Waals surface area contributed by atoms with Crippen molar-refractivity contribution in [1.82, 2.24) is 4.98 Å². The fourth-order valence-electron chi connectivity index (χ4n) is 2.40. The smallest absolute Gasteiger partial charge is 0.135 e. The number of para-hydroxylation sites is 1. The van der Waals surface area contributed by atoms with Crippen LogP contribution >= 0.6 is 11.6 Å². The zero-order valence-electron chi connectivity index (χ0n) is 12.8. The van der Waals surface area contributed by atoms with Crippen molar-refractivity contribution in [2.75, 3.05) is 6.61 Å². The van der Waals surface area contributed by atoms with Crippen molar-refractivity contribution in [3.8, 4) is 0 Å². The number of nitrogens with zero attached hydrogens (tertiary/aromatic N) is 1. The summed E-state index contributed by atoms with van der Waals surface area (Å²) in [6.45, 7) is 3.59. The van der Waals surface area contributed by atoms with Crippen molar-refractivity contribution >= 4 is 22.5 Å². The van der Waals surface area contributed by atoms with Crippen LogP contribution in [0.15, 0.2) is 30.3 Å². The third kappa shape index (κ3) is 5.29. The summed E-state index contributed by atoms with van der Waals surface area (Å²) in [6, 6.07) is 10.1. The molecule has 0 N–H and O–H groups in total. The summed E-state index contributed by atoms with van der Waals surface area (Å²) in [6.07, 6.45) is 7.68. The number of hydrogen-bond acceptors (Lipinski definition) is 2. The van der Waals surface area contributed by atoms with E-state index in [-0.39, 0.29) is 0 Å². The quantitative estimate of drug-likeness (QED) is 0.433. The largest absolute Gasteiger partial charge is 0.377 e. The molecule has 0 aliphatic heterocycles. The summed E-state index contributed by atoms with van der Waals surface area (Å²) >= 11 is 6.21. The number of ether oxygens (including phenoxy) is 1. The second kappa shape index (κ2) is 9.01. The zero-order valence-corrected chi connectivity index (χ0v) is 13.5. The maximum absolute atomic E-state index is 6.21. The number of unbranched alkanes of at least 4 members (excludes halogenated alkanes) is 5. The molecule has 0 bridgehead atoms. The van der Waals surface area contributed by atoms with E-state index in [4.69, 9.17) is 16.3 Å². The Balaban J connectivity index is 1.74. The molecule has 0 fully saturated rings. The molecular weight excluding hydrogens is 282 g/mol. The van der Waals surface area contributed by atoms with Crippen molar-refractivity contribution < 1.29 is 4.74 Å². The summed E-state index contributed by atoms with van der Waals surface area (Å²) in [7, 11) is 0. The molecule has 21 heavy (non-hydrogen) atoms. The number of hydrogen-bond donors (Lipinski definition) is 0. The first-order valence-corrected chi connectivity index (χ1v) is 8.31. The molecular formula is C18H24ClNO. The Morgan fingerprint density at radius 1 is 1.05 bits per heavy atom. The number of pyridine rings is 1. The van der Waals surface area contributed by atoms with E-state index in [0.717, 1.165) is 29.5 Å². The summed E-state index contributed by atoms with van der Waals surface area (Å²) < 4.78 is 5.73. The lowest BCUT2D eigenvalue weighted by Crippen LogP contribution is -1.98. The Morgan fingerprint density at radius 3 is 2.67 bits per heavy atom. The van der Waals surface area contributed by atoms with Crippen molar-refractivity contribution in [2.45, 2.75) is 52.1 Å². The summed E-state index contributed by atoms with van der Waals surface area (Å²) in [5.41, 5.74) is 1.91. The first-order valence-electron chi connectivity index (χ1n) is 7.93. The van der Waals surface area contributed by atoms with Gasteiger partial charge in [0.15, 0.2) is 0 Å². The minimum Gasteiger partial charge on any atom is -0.377 e. The Kier molecular flexibility index (Phi) is 6.98. The van der Waals surface area contributed by atoms with Crippen LogP contribution in [0.3, 0.4) is 0 Å². The highest BCUT2D eigenvalue weighted by Gasteiger charge is 2.04. The van der Waals surface area contributed by atoms with Gasteiger partial charge in [-0.05, 0) is 18.6 Å². The van der Waals surface area contributed by atoms with Crippen LogP contribution in [0.2, 0.25) is 5.15 Å².